The minimum Gasteiger partial charge on any atom is -0.454 e. The van der Waals surface area contributed by atoms with Crippen molar-refractivity contribution in [1.29, 1.82) is 0 Å². The Labute approximate surface area is 176 Å². The average molecular weight is 418 g/mol. The number of thiocarbonyl (C=S) groups is 1. The lowest BCUT2D eigenvalue weighted by atomic mass is 10.1. The van der Waals surface area contributed by atoms with E-state index in [2.05, 4.69) is 0 Å². The van der Waals surface area contributed by atoms with E-state index in [0.29, 0.717) is 20.7 Å². The topological polar surface area (TPSA) is 51.3 Å². The van der Waals surface area contributed by atoms with E-state index in [1.807, 2.05) is 72.9 Å². The number of nitrogens with zero attached hydrogens (tertiary/aromatic N) is 3. The van der Waals surface area contributed by atoms with Gasteiger partial charge in [-0.3, -0.25) is 9.69 Å². The van der Waals surface area contributed by atoms with Gasteiger partial charge in [0, 0.05) is 24.2 Å². The number of hydrogen-bond donors (Lipinski definition) is 0. The summed E-state index contributed by atoms with van der Waals surface area (Å²) in [7, 11) is 1.69. The van der Waals surface area contributed by atoms with E-state index in [4.69, 9.17) is 21.7 Å². The number of benzene rings is 2. The summed E-state index contributed by atoms with van der Waals surface area (Å²) in [5.41, 5.74) is 3.18. The zero-order valence-electron chi connectivity index (χ0n) is 15.4. The SMILES string of the molecule is CN1C(=O)/C(=C\c2cn(-c3ccccc3)nc2-c2cc3ccccc3o2)SC1=S. The van der Waals surface area contributed by atoms with Gasteiger partial charge in [0.2, 0.25) is 0 Å². The van der Waals surface area contributed by atoms with Crippen LogP contribution >= 0.6 is 24.0 Å². The van der Waals surface area contributed by atoms with Crippen molar-refractivity contribution in [2.45, 2.75) is 0 Å². The number of carbonyl (C=O) groups is 1. The molecule has 1 saturated heterocycles. The fourth-order valence-electron chi connectivity index (χ4n) is 3.18. The fourth-order valence-corrected chi connectivity index (χ4v) is 4.35. The standard InChI is InChI=1S/C22H15N3O2S2/c1-24-21(26)19(29-22(24)28)12-15-13-25(16-8-3-2-4-9-16)23-20(15)18-11-14-7-5-6-10-17(14)27-18/h2-13H,1H3/b19-12+. The van der Waals surface area contributed by atoms with Crippen molar-refractivity contribution in [3.05, 3.63) is 77.3 Å². The van der Waals surface area contributed by atoms with Gasteiger partial charge < -0.3 is 4.42 Å². The minimum absolute atomic E-state index is 0.108. The zero-order valence-corrected chi connectivity index (χ0v) is 17.0. The number of furan rings is 1. The molecule has 2 aromatic carbocycles. The molecule has 3 heterocycles. The van der Waals surface area contributed by atoms with Gasteiger partial charge in [0.15, 0.2) is 5.76 Å². The Morgan fingerprint density at radius 1 is 1.10 bits per heavy atom. The number of carbonyl (C=O) groups excluding carboxylic acids is 1. The van der Waals surface area contributed by atoms with Crippen molar-refractivity contribution in [2.75, 3.05) is 7.05 Å². The largest absolute Gasteiger partial charge is 0.454 e. The summed E-state index contributed by atoms with van der Waals surface area (Å²) in [6.07, 6.45) is 3.73. The third kappa shape index (κ3) is 3.18. The summed E-state index contributed by atoms with van der Waals surface area (Å²) < 4.78 is 8.38. The molecule has 0 radical (unpaired) electrons. The van der Waals surface area contributed by atoms with Gasteiger partial charge in [-0.15, -0.1) is 0 Å². The number of likely N-dealkylation sites (N-methyl/N-ethyl adjacent to an activating group) is 1. The normalized spacial score (nSPS) is 15.8. The molecule has 1 amide bonds. The van der Waals surface area contributed by atoms with Gasteiger partial charge in [-0.25, -0.2) is 4.68 Å². The van der Waals surface area contributed by atoms with Crippen molar-refractivity contribution >= 4 is 51.3 Å². The van der Waals surface area contributed by atoms with Gasteiger partial charge in [0.1, 0.15) is 15.6 Å². The summed E-state index contributed by atoms with van der Waals surface area (Å²) in [6.45, 7) is 0. The highest BCUT2D eigenvalue weighted by atomic mass is 32.2. The highest BCUT2D eigenvalue weighted by Crippen LogP contribution is 2.35. The first-order chi connectivity index (χ1) is 14.1. The summed E-state index contributed by atoms with van der Waals surface area (Å²) >= 11 is 6.54. The zero-order chi connectivity index (χ0) is 20.0. The first kappa shape index (κ1) is 17.9. The quantitative estimate of drug-likeness (QED) is 0.342. The van der Waals surface area contributed by atoms with Crippen molar-refractivity contribution in [1.82, 2.24) is 14.7 Å². The molecule has 1 aliphatic rings. The number of hydrogen-bond acceptors (Lipinski definition) is 5. The molecular formula is C22H15N3O2S2. The smallest absolute Gasteiger partial charge is 0.265 e. The fraction of sp³-hybridized carbons (Fsp3) is 0.0455. The van der Waals surface area contributed by atoms with Gasteiger partial charge in [-0.1, -0.05) is 60.4 Å². The number of aromatic nitrogens is 2. The third-order valence-electron chi connectivity index (χ3n) is 4.70. The third-order valence-corrected chi connectivity index (χ3v) is 6.18. The van der Waals surface area contributed by atoms with E-state index in [9.17, 15) is 4.79 Å². The van der Waals surface area contributed by atoms with Crippen LogP contribution in [-0.4, -0.2) is 32.0 Å². The van der Waals surface area contributed by atoms with E-state index in [1.54, 1.807) is 11.7 Å². The summed E-state index contributed by atoms with van der Waals surface area (Å²) in [4.78, 5) is 14.5. The van der Waals surface area contributed by atoms with E-state index in [-0.39, 0.29) is 5.91 Å². The van der Waals surface area contributed by atoms with Crippen LogP contribution in [0.2, 0.25) is 0 Å². The van der Waals surface area contributed by atoms with Gasteiger partial charge in [0.25, 0.3) is 5.91 Å². The van der Waals surface area contributed by atoms with Crippen LogP contribution in [0.1, 0.15) is 5.56 Å². The van der Waals surface area contributed by atoms with Gasteiger partial charge in [0.05, 0.1) is 10.6 Å². The number of thioether (sulfide) groups is 1. The van der Waals surface area contributed by atoms with Crippen molar-refractivity contribution < 1.29 is 9.21 Å². The molecule has 29 heavy (non-hydrogen) atoms. The van der Waals surface area contributed by atoms with Crippen LogP contribution in [-0.2, 0) is 4.79 Å². The molecule has 2 aromatic heterocycles. The van der Waals surface area contributed by atoms with Crippen molar-refractivity contribution in [2.24, 2.45) is 0 Å². The Kier molecular flexibility index (Phi) is 4.34. The van der Waals surface area contributed by atoms with Gasteiger partial charge >= 0.3 is 0 Å². The molecule has 0 atom stereocenters. The molecule has 142 valence electrons. The second-order valence-corrected chi connectivity index (χ2v) is 8.28. The van der Waals surface area contributed by atoms with E-state index < -0.39 is 0 Å². The number of fused-ring (bicyclic) bond motifs is 1. The molecular weight excluding hydrogens is 402 g/mol. The van der Waals surface area contributed by atoms with Gasteiger partial charge in [-0.2, -0.15) is 5.10 Å². The molecule has 0 N–H and O–H groups in total. The summed E-state index contributed by atoms with van der Waals surface area (Å²) in [5.74, 6) is 0.544. The lowest BCUT2D eigenvalue weighted by molar-refractivity contribution is -0.121. The van der Waals surface area contributed by atoms with Crippen LogP contribution in [0.25, 0.3) is 34.2 Å². The molecule has 0 unspecified atom stereocenters. The second kappa shape index (κ2) is 7.02. The molecule has 0 aliphatic carbocycles. The second-order valence-electron chi connectivity index (χ2n) is 6.60. The lowest BCUT2D eigenvalue weighted by Crippen LogP contribution is -2.22. The first-order valence-electron chi connectivity index (χ1n) is 8.96. The van der Waals surface area contributed by atoms with Crippen LogP contribution < -0.4 is 0 Å². The van der Waals surface area contributed by atoms with Crippen LogP contribution in [0.5, 0.6) is 0 Å². The highest BCUT2D eigenvalue weighted by Gasteiger charge is 2.29. The molecule has 0 bridgehead atoms. The predicted octanol–water partition coefficient (Wildman–Crippen LogP) is 5.12. The van der Waals surface area contributed by atoms with E-state index in [0.717, 1.165) is 22.2 Å². The maximum atomic E-state index is 12.5. The van der Waals surface area contributed by atoms with Crippen LogP contribution in [0.4, 0.5) is 0 Å². The molecule has 0 spiro atoms. The number of rotatable bonds is 3. The Morgan fingerprint density at radius 3 is 2.59 bits per heavy atom. The van der Waals surface area contributed by atoms with E-state index >= 15 is 0 Å². The van der Waals surface area contributed by atoms with Gasteiger partial charge in [-0.05, 0) is 30.3 Å². The number of para-hydroxylation sites is 2. The molecule has 4 aromatic rings. The Morgan fingerprint density at radius 2 is 1.86 bits per heavy atom. The predicted molar refractivity (Wildman–Crippen MR) is 120 cm³/mol. The van der Waals surface area contributed by atoms with Crippen molar-refractivity contribution in [3.8, 4) is 17.1 Å². The molecule has 7 heteroatoms. The van der Waals surface area contributed by atoms with Crippen LogP contribution in [0.3, 0.4) is 0 Å². The van der Waals surface area contributed by atoms with Crippen molar-refractivity contribution in [3.63, 3.8) is 0 Å². The molecule has 0 saturated carbocycles. The summed E-state index contributed by atoms with van der Waals surface area (Å²) in [5, 5.41) is 5.76. The van der Waals surface area contributed by atoms with E-state index in [1.165, 1.54) is 16.7 Å². The highest BCUT2D eigenvalue weighted by molar-refractivity contribution is 8.26. The Bertz CT molecular complexity index is 1250. The maximum Gasteiger partial charge on any atom is 0.265 e. The first-order valence-corrected chi connectivity index (χ1v) is 10.2. The molecule has 1 fully saturated rings. The monoisotopic (exact) mass is 417 g/mol. The molecule has 5 nitrogen and oxygen atoms in total. The minimum atomic E-state index is -0.108. The van der Waals surface area contributed by atoms with Crippen LogP contribution in [0, 0.1) is 0 Å². The van der Waals surface area contributed by atoms with Crippen LogP contribution in [0.15, 0.2) is 76.2 Å². The Hall–Kier alpha value is -3.16. The lowest BCUT2D eigenvalue weighted by Gasteiger charge is -2.03. The molecule has 1 aliphatic heterocycles. The summed E-state index contributed by atoms with van der Waals surface area (Å²) in [6, 6.07) is 19.6. The number of amides is 1. The molecule has 5 rings (SSSR count). The Balaban J connectivity index is 1.67. The maximum absolute atomic E-state index is 12.5. The average Bonchev–Trinajstić information content (AvgIpc) is 3.42.